The first-order valence-electron chi connectivity index (χ1n) is 9.73. The fourth-order valence-corrected chi connectivity index (χ4v) is 3.34. The molecule has 9 heteroatoms. The molecule has 2 aromatic carbocycles. The minimum Gasteiger partial charge on any atom is -0.508 e. The summed E-state index contributed by atoms with van der Waals surface area (Å²) in [7, 11) is 0. The van der Waals surface area contributed by atoms with E-state index in [0.717, 1.165) is 25.9 Å². The van der Waals surface area contributed by atoms with Crippen molar-refractivity contribution < 1.29 is 9.50 Å². The molecule has 4 rings (SSSR count). The number of nitrogens with two attached hydrogens (primary N) is 1. The van der Waals surface area contributed by atoms with Crippen LogP contribution in [0.5, 0.6) is 5.75 Å². The standard InChI is InChI=1S/C21H22FN7O/c22-15-7-9-16(10-8-15)24-20-25-19(18(28-23)14-5-4-6-17(30)13-14)26-21(27-20)29-11-2-1-3-12-29/h4-10,13,30H,1-3,11-12,23H2,(H,24,25,26,27). The van der Waals surface area contributed by atoms with Gasteiger partial charge in [0.2, 0.25) is 11.9 Å². The molecule has 154 valence electrons. The van der Waals surface area contributed by atoms with E-state index in [-0.39, 0.29) is 17.4 Å². The van der Waals surface area contributed by atoms with Crippen molar-refractivity contribution in [1.82, 2.24) is 15.0 Å². The minimum atomic E-state index is -0.327. The van der Waals surface area contributed by atoms with Gasteiger partial charge in [0.25, 0.3) is 0 Å². The van der Waals surface area contributed by atoms with Crippen LogP contribution in [0.3, 0.4) is 0 Å². The molecule has 0 spiro atoms. The Labute approximate surface area is 173 Å². The third-order valence-electron chi connectivity index (χ3n) is 4.82. The van der Waals surface area contributed by atoms with Crippen LogP contribution >= 0.6 is 0 Å². The van der Waals surface area contributed by atoms with Gasteiger partial charge in [0.1, 0.15) is 17.3 Å². The number of phenolic OH excluding ortho intramolecular Hbond substituents is 1. The maximum Gasteiger partial charge on any atom is 0.232 e. The van der Waals surface area contributed by atoms with E-state index in [2.05, 4.69) is 30.3 Å². The molecule has 2 heterocycles. The molecule has 30 heavy (non-hydrogen) atoms. The Kier molecular flexibility index (Phi) is 5.69. The van der Waals surface area contributed by atoms with Gasteiger partial charge in [-0.05, 0) is 55.7 Å². The zero-order chi connectivity index (χ0) is 20.9. The molecule has 1 aliphatic heterocycles. The summed E-state index contributed by atoms with van der Waals surface area (Å²) >= 11 is 0. The lowest BCUT2D eigenvalue weighted by Crippen LogP contribution is -2.32. The van der Waals surface area contributed by atoms with E-state index >= 15 is 0 Å². The highest BCUT2D eigenvalue weighted by molar-refractivity contribution is 6.10. The number of aromatic nitrogens is 3. The van der Waals surface area contributed by atoms with Crippen LogP contribution in [0, 0.1) is 5.82 Å². The van der Waals surface area contributed by atoms with Crippen LogP contribution in [0.15, 0.2) is 53.6 Å². The third kappa shape index (κ3) is 4.45. The van der Waals surface area contributed by atoms with E-state index in [1.54, 1.807) is 36.4 Å². The number of anilines is 3. The second-order valence-electron chi connectivity index (χ2n) is 6.99. The molecule has 1 fully saturated rings. The topological polar surface area (TPSA) is 113 Å². The monoisotopic (exact) mass is 407 g/mol. The second-order valence-corrected chi connectivity index (χ2v) is 6.99. The molecule has 0 radical (unpaired) electrons. The van der Waals surface area contributed by atoms with E-state index < -0.39 is 0 Å². The van der Waals surface area contributed by atoms with E-state index in [4.69, 9.17) is 5.84 Å². The van der Waals surface area contributed by atoms with Crippen LogP contribution in [-0.2, 0) is 0 Å². The first kappa shape index (κ1) is 19.6. The molecular weight excluding hydrogens is 385 g/mol. The summed E-state index contributed by atoms with van der Waals surface area (Å²) in [5.74, 6) is 6.52. The van der Waals surface area contributed by atoms with Gasteiger partial charge >= 0.3 is 0 Å². The number of phenols is 1. The van der Waals surface area contributed by atoms with Crippen molar-refractivity contribution in [2.45, 2.75) is 19.3 Å². The van der Waals surface area contributed by atoms with Crippen molar-refractivity contribution in [2.24, 2.45) is 10.9 Å². The van der Waals surface area contributed by atoms with Crippen molar-refractivity contribution in [1.29, 1.82) is 0 Å². The van der Waals surface area contributed by atoms with E-state index in [1.807, 2.05) is 0 Å². The van der Waals surface area contributed by atoms with E-state index in [1.165, 1.54) is 18.6 Å². The van der Waals surface area contributed by atoms with Crippen LogP contribution < -0.4 is 16.1 Å². The highest BCUT2D eigenvalue weighted by atomic mass is 19.1. The second kappa shape index (κ2) is 8.73. The van der Waals surface area contributed by atoms with Crippen molar-refractivity contribution in [3.05, 3.63) is 65.7 Å². The van der Waals surface area contributed by atoms with Crippen molar-refractivity contribution >= 4 is 23.3 Å². The summed E-state index contributed by atoms with van der Waals surface area (Å²) in [5, 5.41) is 16.8. The summed E-state index contributed by atoms with van der Waals surface area (Å²) in [6.07, 6.45) is 3.30. The number of rotatable bonds is 5. The number of hydrazone groups is 1. The Morgan fingerprint density at radius 1 is 1.03 bits per heavy atom. The van der Waals surface area contributed by atoms with Gasteiger partial charge in [-0.1, -0.05) is 12.1 Å². The summed E-state index contributed by atoms with van der Waals surface area (Å²) in [4.78, 5) is 15.7. The number of hydrogen-bond acceptors (Lipinski definition) is 8. The molecule has 0 unspecified atom stereocenters. The predicted octanol–water partition coefficient (Wildman–Crippen LogP) is 3.16. The number of benzene rings is 2. The third-order valence-corrected chi connectivity index (χ3v) is 4.82. The highest BCUT2D eigenvalue weighted by Gasteiger charge is 2.20. The number of aromatic hydroxyl groups is 1. The lowest BCUT2D eigenvalue weighted by atomic mass is 10.1. The first-order chi connectivity index (χ1) is 14.6. The fraction of sp³-hybridized carbons (Fsp3) is 0.238. The number of nitrogens with zero attached hydrogens (tertiary/aromatic N) is 5. The number of piperidine rings is 1. The molecule has 3 aromatic rings. The number of halogens is 1. The Morgan fingerprint density at radius 2 is 1.80 bits per heavy atom. The molecule has 0 amide bonds. The maximum absolute atomic E-state index is 13.2. The Bertz CT molecular complexity index is 1050. The quantitative estimate of drug-likeness (QED) is 0.338. The summed E-state index contributed by atoms with van der Waals surface area (Å²) in [5.41, 5.74) is 1.55. The predicted molar refractivity (Wildman–Crippen MR) is 114 cm³/mol. The van der Waals surface area contributed by atoms with Gasteiger partial charge in [0.05, 0.1) is 0 Å². The molecule has 0 atom stereocenters. The molecule has 0 bridgehead atoms. The van der Waals surface area contributed by atoms with Crippen LogP contribution in [0.25, 0.3) is 0 Å². The van der Waals surface area contributed by atoms with E-state index in [9.17, 15) is 9.50 Å². The molecule has 1 saturated heterocycles. The van der Waals surface area contributed by atoms with Gasteiger partial charge in [0.15, 0.2) is 5.82 Å². The molecule has 0 saturated carbocycles. The fourth-order valence-electron chi connectivity index (χ4n) is 3.34. The molecule has 1 aliphatic rings. The Morgan fingerprint density at radius 3 is 2.50 bits per heavy atom. The van der Waals surface area contributed by atoms with Crippen molar-refractivity contribution in [3.8, 4) is 5.75 Å². The minimum absolute atomic E-state index is 0.0867. The highest BCUT2D eigenvalue weighted by Crippen LogP contribution is 2.21. The van der Waals surface area contributed by atoms with Gasteiger partial charge in [0, 0.05) is 24.3 Å². The lowest BCUT2D eigenvalue weighted by Gasteiger charge is -2.27. The number of hydrogen-bond donors (Lipinski definition) is 3. The molecule has 8 nitrogen and oxygen atoms in total. The van der Waals surface area contributed by atoms with Crippen LogP contribution in [0.2, 0.25) is 0 Å². The van der Waals surface area contributed by atoms with Gasteiger partial charge < -0.3 is 21.2 Å². The van der Waals surface area contributed by atoms with Crippen LogP contribution in [0.1, 0.15) is 30.7 Å². The SMILES string of the molecule is NN=C(c1cccc(O)c1)c1nc(Nc2ccc(F)cc2)nc(N2CCCCC2)n1. The Balaban J connectivity index is 1.75. The van der Waals surface area contributed by atoms with Gasteiger partial charge in [-0.3, -0.25) is 0 Å². The van der Waals surface area contributed by atoms with Crippen molar-refractivity contribution in [2.75, 3.05) is 23.3 Å². The van der Waals surface area contributed by atoms with Gasteiger partial charge in [-0.2, -0.15) is 20.1 Å². The summed E-state index contributed by atoms with van der Waals surface area (Å²) < 4.78 is 13.2. The molecule has 4 N–H and O–H groups in total. The van der Waals surface area contributed by atoms with E-state index in [0.29, 0.717) is 28.9 Å². The van der Waals surface area contributed by atoms with Crippen LogP contribution in [0.4, 0.5) is 22.0 Å². The zero-order valence-corrected chi connectivity index (χ0v) is 16.3. The Hall–Kier alpha value is -3.75. The van der Waals surface area contributed by atoms with Crippen molar-refractivity contribution in [3.63, 3.8) is 0 Å². The lowest BCUT2D eigenvalue weighted by molar-refractivity contribution is 0.475. The zero-order valence-electron chi connectivity index (χ0n) is 16.3. The van der Waals surface area contributed by atoms with Gasteiger partial charge in [-0.15, -0.1) is 0 Å². The van der Waals surface area contributed by atoms with Crippen LogP contribution in [-0.4, -0.2) is 38.9 Å². The average molecular weight is 407 g/mol. The number of nitrogens with one attached hydrogen (secondary N) is 1. The normalized spacial score (nSPS) is 14.6. The summed E-state index contributed by atoms with van der Waals surface area (Å²) in [6, 6.07) is 12.5. The molecular formula is C21H22FN7O. The smallest absolute Gasteiger partial charge is 0.232 e. The average Bonchev–Trinajstić information content (AvgIpc) is 2.76. The first-order valence-corrected chi connectivity index (χ1v) is 9.73. The largest absolute Gasteiger partial charge is 0.508 e. The molecule has 1 aromatic heterocycles. The van der Waals surface area contributed by atoms with Gasteiger partial charge in [-0.25, -0.2) is 4.39 Å². The maximum atomic E-state index is 13.2. The summed E-state index contributed by atoms with van der Waals surface area (Å²) in [6.45, 7) is 1.70. The molecule has 0 aliphatic carbocycles.